The van der Waals surface area contributed by atoms with E-state index in [-0.39, 0.29) is 10.00 Å². The van der Waals surface area contributed by atoms with Gasteiger partial charge in [0.1, 0.15) is 0 Å². The van der Waals surface area contributed by atoms with E-state index < -0.39 is 9.84 Å². The van der Waals surface area contributed by atoms with Crippen molar-refractivity contribution >= 4 is 9.84 Å². The third-order valence-electron chi connectivity index (χ3n) is 4.91. The van der Waals surface area contributed by atoms with E-state index in [1.807, 2.05) is 6.08 Å². The van der Waals surface area contributed by atoms with E-state index in [1.165, 1.54) is 0 Å². The molecule has 0 aromatic rings. The van der Waals surface area contributed by atoms with E-state index in [9.17, 15) is 8.42 Å². The van der Waals surface area contributed by atoms with Crippen LogP contribution in [0.3, 0.4) is 0 Å². The maximum absolute atomic E-state index is 12.6. The topological polar surface area (TPSA) is 34.1 Å². The Labute approximate surface area is 112 Å². The quantitative estimate of drug-likeness (QED) is 0.540. The molecule has 18 heavy (non-hydrogen) atoms. The summed E-state index contributed by atoms with van der Waals surface area (Å²) in [5, 5.41) is -0.00632. The van der Waals surface area contributed by atoms with Crippen molar-refractivity contribution in [2.75, 3.05) is 0 Å². The number of sulfone groups is 1. The highest BCUT2D eigenvalue weighted by atomic mass is 32.2. The van der Waals surface area contributed by atoms with Crippen LogP contribution >= 0.6 is 0 Å². The van der Waals surface area contributed by atoms with Gasteiger partial charge in [-0.1, -0.05) is 31.8 Å². The van der Waals surface area contributed by atoms with Crippen molar-refractivity contribution in [3.05, 3.63) is 12.7 Å². The second-order valence-electron chi connectivity index (χ2n) is 6.02. The first-order chi connectivity index (χ1) is 8.62. The van der Waals surface area contributed by atoms with Crippen LogP contribution in [0.15, 0.2) is 12.7 Å². The number of hydrogen-bond donors (Lipinski definition) is 0. The van der Waals surface area contributed by atoms with Gasteiger partial charge in [0.25, 0.3) is 0 Å². The molecule has 104 valence electrons. The lowest BCUT2D eigenvalue weighted by Gasteiger charge is -2.27. The monoisotopic (exact) mass is 270 g/mol. The smallest absolute Gasteiger partial charge is 0.158 e. The van der Waals surface area contributed by atoms with Crippen molar-refractivity contribution in [3.63, 3.8) is 0 Å². The fourth-order valence-corrected chi connectivity index (χ4v) is 6.64. The third kappa shape index (κ3) is 2.52. The molecule has 0 aliphatic carbocycles. The summed E-state index contributed by atoms with van der Waals surface area (Å²) in [6, 6.07) is 0. The van der Waals surface area contributed by atoms with E-state index in [2.05, 4.69) is 6.58 Å². The van der Waals surface area contributed by atoms with Crippen LogP contribution in [0.25, 0.3) is 0 Å². The van der Waals surface area contributed by atoms with E-state index in [0.717, 1.165) is 70.6 Å². The molecule has 2 aliphatic heterocycles. The zero-order valence-corrected chi connectivity index (χ0v) is 12.2. The number of unbranched alkanes of at least 4 members (excludes halogenated alkanes) is 3. The maximum Gasteiger partial charge on any atom is 0.158 e. The lowest BCUT2D eigenvalue weighted by molar-refractivity contribution is 0.406. The summed E-state index contributed by atoms with van der Waals surface area (Å²) >= 11 is 0. The summed E-state index contributed by atoms with van der Waals surface area (Å²) in [6.07, 6.45) is 13.2. The molecule has 3 heteroatoms. The van der Waals surface area contributed by atoms with Crippen LogP contribution in [0.5, 0.6) is 0 Å². The average Bonchev–Trinajstić information content (AvgIpc) is 2.46. The van der Waals surface area contributed by atoms with Gasteiger partial charge in [-0.25, -0.2) is 8.42 Å². The van der Waals surface area contributed by atoms with Crippen LogP contribution in [-0.2, 0) is 9.84 Å². The molecule has 0 unspecified atom stereocenters. The molecule has 2 heterocycles. The molecule has 0 aromatic heterocycles. The number of fused-ring (bicyclic) bond motifs is 2. The van der Waals surface area contributed by atoms with Gasteiger partial charge in [-0.2, -0.15) is 0 Å². The van der Waals surface area contributed by atoms with Crippen LogP contribution in [0.1, 0.15) is 70.6 Å². The highest BCUT2D eigenvalue weighted by molar-refractivity contribution is 7.93. The van der Waals surface area contributed by atoms with Crippen molar-refractivity contribution in [2.45, 2.75) is 80.6 Å². The van der Waals surface area contributed by atoms with Gasteiger partial charge in [0, 0.05) is 0 Å². The summed E-state index contributed by atoms with van der Waals surface area (Å²) < 4.78 is 24.9. The van der Waals surface area contributed by atoms with Crippen LogP contribution in [0.4, 0.5) is 0 Å². The molecule has 2 rings (SSSR count). The molecule has 2 aliphatic rings. The van der Waals surface area contributed by atoms with Crippen molar-refractivity contribution in [1.29, 1.82) is 0 Å². The molecule has 0 radical (unpaired) electrons. The van der Waals surface area contributed by atoms with Gasteiger partial charge in [0.05, 0.1) is 10.00 Å². The zero-order valence-electron chi connectivity index (χ0n) is 11.4. The molecule has 2 atom stereocenters. The number of hydrogen-bond acceptors (Lipinski definition) is 2. The van der Waals surface area contributed by atoms with Gasteiger partial charge in [-0.3, -0.25) is 0 Å². The number of allylic oxidation sites excluding steroid dienone is 1. The second-order valence-corrected chi connectivity index (χ2v) is 8.65. The minimum atomic E-state index is -2.84. The molecule has 0 amide bonds. The molecule has 0 saturated carbocycles. The first-order valence-electron chi connectivity index (χ1n) is 7.47. The van der Waals surface area contributed by atoms with E-state index in [0.29, 0.717) is 0 Å². The minimum absolute atomic E-state index is 0.00632. The van der Waals surface area contributed by atoms with Crippen molar-refractivity contribution in [3.8, 4) is 0 Å². The molecule has 2 fully saturated rings. The Balaban J connectivity index is 1.97. The van der Waals surface area contributed by atoms with E-state index in [1.54, 1.807) is 0 Å². The Bertz CT molecular complexity index is 385. The van der Waals surface area contributed by atoms with Crippen LogP contribution < -0.4 is 0 Å². The summed E-state index contributed by atoms with van der Waals surface area (Å²) in [4.78, 5) is 0. The maximum atomic E-state index is 12.6. The standard InChI is InChI=1S/C15H26O2S/c1-2-3-4-5-7-11-15-12-8-6-9-14(10-13-15)18(15,16)17/h2,14H,1,3-13H2/t14-,15+/m0/s1. The van der Waals surface area contributed by atoms with E-state index in [4.69, 9.17) is 0 Å². The summed E-state index contributed by atoms with van der Waals surface area (Å²) in [5.74, 6) is 0. The third-order valence-corrected chi connectivity index (χ3v) is 8.08. The predicted molar refractivity (Wildman–Crippen MR) is 76.4 cm³/mol. The fourth-order valence-electron chi connectivity index (χ4n) is 3.77. The van der Waals surface area contributed by atoms with Gasteiger partial charge in [-0.15, -0.1) is 6.58 Å². The van der Waals surface area contributed by atoms with Crippen molar-refractivity contribution < 1.29 is 8.42 Å². The first-order valence-corrected chi connectivity index (χ1v) is 9.01. The SMILES string of the molecule is C=CCCCCC[C@@]12CCCC[C@@H](CC1)S2(=O)=O. The van der Waals surface area contributed by atoms with Gasteiger partial charge in [-0.05, 0) is 44.9 Å². The molecular weight excluding hydrogens is 244 g/mol. The molecule has 0 N–H and O–H groups in total. The summed E-state index contributed by atoms with van der Waals surface area (Å²) in [6.45, 7) is 3.72. The molecule has 2 saturated heterocycles. The molecule has 0 spiro atoms. The highest BCUT2D eigenvalue weighted by Crippen LogP contribution is 2.48. The normalized spacial score (nSPS) is 34.1. The van der Waals surface area contributed by atoms with Gasteiger partial charge in [0.15, 0.2) is 9.84 Å². The average molecular weight is 270 g/mol. The van der Waals surface area contributed by atoms with Crippen LogP contribution in [0, 0.1) is 0 Å². The second kappa shape index (κ2) is 5.77. The predicted octanol–water partition coefficient (Wildman–Crippen LogP) is 4.01. The first kappa shape index (κ1) is 14.1. The Morgan fingerprint density at radius 3 is 2.72 bits per heavy atom. The van der Waals surface area contributed by atoms with E-state index >= 15 is 0 Å². The summed E-state index contributed by atoms with van der Waals surface area (Å²) in [7, 11) is -2.84. The Morgan fingerprint density at radius 2 is 1.94 bits per heavy atom. The largest absolute Gasteiger partial charge is 0.228 e. The highest BCUT2D eigenvalue weighted by Gasteiger charge is 2.53. The van der Waals surface area contributed by atoms with Gasteiger partial charge in [0.2, 0.25) is 0 Å². The van der Waals surface area contributed by atoms with Gasteiger partial charge < -0.3 is 0 Å². The molecule has 0 aromatic carbocycles. The Morgan fingerprint density at radius 1 is 1.11 bits per heavy atom. The fraction of sp³-hybridized carbons (Fsp3) is 0.867. The number of rotatable bonds is 6. The van der Waals surface area contributed by atoms with Crippen molar-refractivity contribution in [2.24, 2.45) is 0 Å². The molecule has 2 nitrogen and oxygen atoms in total. The van der Waals surface area contributed by atoms with Crippen molar-refractivity contribution in [1.82, 2.24) is 0 Å². The molecule has 2 bridgehead atoms. The van der Waals surface area contributed by atoms with Crippen LogP contribution in [-0.4, -0.2) is 18.4 Å². The minimum Gasteiger partial charge on any atom is -0.228 e. The Kier molecular flexibility index (Phi) is 4.52. The lowest BCUT2D eigenvalue weighted by atomic mass is 9.87. The van der Waals surface area contributed by atoms with Gasteiger partial charge >= 0.3 is 0 Å². The zero-order chi connectivity index (χ0) is 13.1. The Hall–Kier alpha value is -0.310. The molecular formula is C15H26O2S. The van der Waals surface area contributed by atoms with Crippen LogP contribution in [0.2, 0.25) is 0 Å². The lowest BCUT2D eigenvalue weighted by Crippen LogP contribution is -2.36. The summed E-state index contributed by atoms with van der Waals surface area (Å²) in [5.41, 5.74) is 0.